The molecule has 0 saturated heterocycles. The fraction of sp³-hybridized carbons (Fsp3) is 0.154. The van der Waals surface area contributed by atoms with Crippen molar-refractivity contribution in [3.63, 3.8) is 0 Å². The van der Waals surface area contributed by atoms with E-state index in [1.807, 2.05) is 6.92 Å². The lowest BCUT2D eigenvalue weighted by atomic mass is 10.2. The van der Waals surface area contributed by atoms with Crippen molar-refractivity contribution in [1.29, 1.82) is 0 Å². The lowest BCUT2D eigenvalue weighted by molar-refractivity contribution is 0.595. The molecule has 0 fully saturated rings. The van der Waals surface area contributed by atoms with Crippen LogP contribution < -0.4 is 5.73 Å². The molecule has 0 radical (unpaired) electrons. The summed E-state index contributed by atoms with van der Waals surface area (Å²) in [6.45, 7) is 2.21. The SMILES string of the molecule is Cc1ccc(S(=O)(=O)c2ccc(CN)cc2)cn1. The largest absolute Gasteiger partial charge is 0.326 e. The first-order valence-electron chi connectivity index (χ1n) is 5.51. The monoisotopic (exact) mass is 262 g/mol. The van der Waals surface area contributed by atoms with Crippen LogP contribution in [0.3, 0.4) is 0 Å². The van der Waals surface area contributed by atoms with Gasteiger partial charge in [-0.2, -0.15) is 0 Å². The normalized spacial score (nSPS) is 11.4. The molecule has 0 aliphatic heterocycles. The minimum atomic E-state index is -3.48. The van der Waals surface area contributed by atoms with Gasteiger partial charge in [0.1, 0.15) is 0 Å². The molecule has 4 nitrogen and oxygen atoms in total. The van der Waals surface area contributed by atoms with Crippen LogP contribution in [-0.4, -0.2) is 13.4 Å². The Hall–Kier alpha value is -1.72. The molecule has 0 saturated carbocycles. The first-order chi connectivity index (χ1) is 8.54. The molecule has 2 aromatic rings. The second-order valence-corrected chi connectivity index (χ2v) is 5.94. The van der Waals surface area contributed by atoms with Crippen LogP contribution in [0.5, 0.6) is 0 Å². The molecular weight excluding hydrogens is 248 g/mol. The van der Waals surface area contributed by atoms with E-state index in [1.165, 1.54) is 6.20 Å². The Morgan fingerprint density at radius 3 is 2.17 bits per heavy atom. The summed E-state index contributed by atoms with van der Waals surface area (Å²) in [5, 5.41) is 0. The Balaban J connectivity index is 2.44. The smallest absolute Gasteiger partial charge is 0.208 e. The maximum absolute atomic E-state index is 12.3. The molecule has 0 atom stereocenters. The number of hydrogen-bond donors (Lipinski definition) is 1. The fourth-order valence-corrected chi connectivity index (χ4v) is 2.76. The molecule has 1 aromatic carbocycles. The predicted molar refractivity (Wildman–Crippen MR) is 68.8 cm³/mol. The highest BCUT2D eigenvalue weighted by molar-refractivity contribution is 7.91. The maximum atomic E-state index is 12.3. The Morgan fingerprint density at radius 1 is 1.06 bits per heavy atom. The van der Waals surface area contributed by atoms with Gasteiger partial charge in [0.05, 0.1) is 9.79 Å². The van der Waals surface area contributed by atoms with Gasteiger partial charge in [-0.15, -0.1) is 0 Å². The zero-order chi connectivity index (χ0) is 13.2. The predicted octanol–water partition coefficient (Wildman–Crippen LogP) is 1.68. The van der Waals surface area contributed by atoms with Crippen LogP contribution in [0.15, 0.2) is 52.4 Å². The number of benzene rings is 1. The van der Waals surface area contributed by atoms with Gasteiger partial charge in [-0.05, 0) is 36.8 Å². The summed E-state index contributed by atoms with van der Waals surface area (Å²) < 4.78 is 24.5. The Bertz CT molecular complexity index is 632. The van der Waals surface area contributed by atoms with Gasteiger partial charge in [-0.3, -0.25) is 4.98 Å². The van der Waals surface area contributed by atoms with Crippen LogP contribution in [0, 0.1) is 6.92 Å². The van der Waals surface area contributed by atoms with Gasteiger partial charge in [-0.25, -0.2) is 8.42 Å². The van der Waals surface area contributed by atoms with Crippen molar-refractivity contribution in [2.45, 2.75) is 23.3 Å². The van der Waals surface area contributed by atoms with Crippen molar-refractivity contribution in [3.05, 3.63) is 53.9 Å². The molecule has 0 bridgehead atoms. The molecule has 1 aromatic heterocycles. The minimum absolute atomic E-state index is 0.202. The van der Waals surface area contributed by atoms with Crippen LogP contribution >= 0.6 is 0 Å². The number of rotatable bonds is 3. The summed E-state index contributed by atoms with van der Waals surface area (Å²) in [4.78, 5) is 4.46. The third-order valence-electron chi connectivity index (χ3n) is 2.66. The van der Waals surface area contributed by atoms with Crippen molar-refractivity contribution < 1.29 is 8.42 Å². The van der Waals surface area contributed by atoms with E-state index >= 15 is 0 Å². The lowest BCUT2D eigenvalue weighted by Gasteiger charge is -2.05. The van der Waals surface area contributed by atoms with Gasteiger partial charge in [0, 0.05) is 18.4 Å². The number of aromatic nitrogens is 1. The van der Waals surface area contributed by atoms with E-state index in [0.717, 1.165) is 11.3 Å². The standard InChI is InChI=1S/C13H14N2O2S/c1-10-2-5-13(9-15-10)18(16,17)12-6-3-11(8-14)4-7-12/h2-7,9H,8,14H2,1H3. The van der Waals surface area contributed by atoms with Gasteiger partial charge >= 0.3 is 0 Å². The summed E-state index contributed by atoms with van der Waals surface area (Å²) in [5.74, 6) is 0. The average molecular weight is 262 g/mol. The van der Waals surface area contributed by atoms with Gasteiger partial charge in [-0.1, -0.05) is 12.1 Å². The molecular formula is C13H14N2O2S. The summed E-state index contributed by atoms with van der Waals surface area (Å²) >= 11 is 0. The van der Waals surface area contributed by atoms with Crippen LogP contribution in [0.25, 0.3) is 0 Å². The maximum Gasteiger partial charge on any atom is 0.208 e. The van der Waals surface area contributed by atoms with Crippen molar-refractivity contribution in [3.8, 4) is 0 Å². The Morgan fingerprint density at radius 2 is 1.67 bits per heavy atom. The fourth-order valence-electron chi connectivity index (χ4n) is 1.55. The van der Waals surface area contributed by atoms with Crippen LogP contribution in [0.4, 0.5) is 0 Å². The average Bonchev–Trinajstić information content (AvgIpc) is 2.39. The van der Waals surface area contributed by atoms with E-state index in [4.69, 9.17) is 5.73 Å². The molecule has 0 spiro atoms. The summed E-state index contributed by atoms with van der Waals surface area (Å²) in [5.41, 5.74) is 7.16. The molecule has 94 valence electrons. The molecule has 0 aliphatic carbocycles. The molecule has 2 N–H and O–H groups in total. The molecule has 5 heteroatoms. The highest BCUT2D eigenvalue weighted by Gasteiger charge is 2.17. The van der Waals surface area contributed by atoms with Crippen molar-refractivity contribution in [1.82, 2.24) is 4.98 Å². The van der Waals surface area contributed by atoms with Crippen LogP contribution in [0.1, 0.15) is 11.3 Å². The summed E-state index contributed by atoms with van der Waals surface area (Å²) in [7, 11) is -3.48. The lowest BCUT2D eigenvalue weighted by Crippen LogP contribution is -2.03. The highest BCUT2D eigenvalue weighted by Crippen LogP contribution is 2.20. The topological polar surface area (TPSA) is 73.0 Å². The van der Waals surface area contributed by atoms with E-state index < -0.39 is 9.84 Å². The second kappa shape index (κ2) is 4.88. The van der Waals surface area contributed by atoms with E-state index in [-0.39, 0.29) is 9.79 Å². The van der Waals surface area contributed by atoms with Crippen LogP contribution in [-0.2, 0) is 16.4 Å². The summed E-state index contributed by atoms with van der Waals surface area (Å²) in [6.07, 6.45) is 1.38. The minimum Gasteiger partial charge on any atom is -0.326 e. The van der Waals surface area contributed by atoms with E-state index in [9.17, 15) is 8.42 Å². The summed E-state index contributed by atoms with van der Waals surface area (Å²) in [6, 6.07) is 9.81. The molecule has 0 unspecified atom stereocenters. The Kier molecular flexibility index (Phi) is 3.45. The molecule has 2 rings (SSSR count). The Labute approximate surface area is 106 Å². The van der Waals surface area contributed by atoms with Crippen molar-refractivity contribution >= 4 is 9.84 Å². The quantitative estimate of drug-likeness (QED) is 0.913. The second-order valence-electron chi connectivity index (χ2n) is 3.99. The molecule has 1 heterocycles. The zero-order valence-corrected chi connectivity index (χ0v) is 10.8. The van der Waals surface area contributed by atoms with Gasteiger partial charge in [0.25, 0.3) is 0 Å². The first kappa shape index (κ1) is 12.7. The number of hydrogen-bond acceptors (Lipinski definition) is 4. The number of aryl methyl sites for hydroxylation is 1. The number of sulfone groups is 1. The van der Waals surface area contributed by atoms with E-state index in [1.54, 1.807) is 36.4 Å². The highest BCUT2D eigenvalue weighted by atomic mass is 32.2. The van der Waals surface area contributed by atoms with E-state index in [2.05, 4.69) is 4.98 Å². The zero-order valence-electron chi connectivity index (χ0n) is 10.00. The van der Waals surface area contributed by atoms with Gasteiger partial charge in [0.15, 0.2) is 0 Å². The van der Waals surface area contributed by atoms with Gasteiger partial charge in [0.2, 0.25) is 9.84 Å². The third kappa shape index (κ3) is 2.42. The molecule has 0 amide bonds. The van der Waals surface area contributed by atoms with E-state index in [0.29, 0.717) is 6.54 Å². The number of nitrogens with zero attached hydrogens (tertiary/aromatic N) is 1. The van der Waals surface area contributed by atoms with Gasteiger partial charge < -0.3 is 5.73 Å². The molecule has 0 aliphatic rings. The number of nitrogens with two attached hydrogens (primary N) is 1. The third-order valence-corrected chi connectivity index (χ3v) is 4.42. The first-order valence-corrected chi connectivity index (χ1v) is 6.99. The molecule has 18 heavy (non-hydrogen) atoms. The van der Waals surface area contributed by atoms with Crippen molar-refractivity contribution in [2.24, 2.45) is 5.73 Å². The number of pyridine rings is 1. The van der Waals surface area contributed by atoms with Crippen molar-refractivity contribution in [2.75, 3.05) is 0 Å². The van der Waals surface area contributed by atoms with Crippen LogP contribution in [0.2, 0.25) is 0 Å².